The highest BCUT2D eigenvalue weighted by Gasteiger charge is 2.34. The summed E-state index contributed by atoms with van der Waals surface area (Å²) in [5.41, 5.74) is 1.91. The number of carbonyl (C=O) groups excluding carboxylic acids is 3. The number of carbonyl (C=O) groups is 3. The Labute approximate surface area is 197 Å². The standard InChI is InChI=1S/C24H19BrN2O6/c1-31-23(29)21-11-10-19(33-21)13-27-22(28)20(26-24(27)30)12-15-4-8-18(9-5-15)32-14-16-2-6-17(25)7-3-16/h2-12H,13-14H2,1H3,(H,26,30)/b20-12-. The van der Waals surface area contributed by atoms with Crippen molar-refractivity contribution in [1.82, 2.24) is 10.2 Å². The average Bonchev–Trinajstić information content (AvgIpc) is 3.39. The highest BCUT2D eigenvalue weighted by molar-refractivity contribution is 9.10. The van der Waals surface area contributed by atoms with Gasteiger partial charge in [0.2, 0.25) is 5.76 Å². The van der Waals surface area contributed by atoms with Crippen LogP contribution in [0.4, 0.5) is 4.79 Å². The second-order valence-electron chi connectivity index (χ2n) is 7.12. The number of hydrogen-bond donors (Lipinski definition) is 1. The molecule has 9 heteroatoms. The number of imide groups is 1. The summed E-state index contributed by atoms with van der Waals surface area (Å²) < 4.78 is 16.7. The molecule has 3 aromatic rings. The van der Waals surface area contributed by atoms with Crippen molar-refractivity contribution in [2.45, 2.75) is 13.2 Å². The van der Waals surface area contributed by atoms with Crippen LogP contribution in [0.1, 0.15) is 27.4 Å². The molecule has 1 saturated heterocycles. The number of methoxy groups -OCH3 is 1. The lowest BCUT2D eigenvalue weighted by Gasteiger charge is -2.09. The number of benzene rings is 2. The lowest BCUT2D eigenvalue weighted by Crippen LogP contribution is -2.30. The first-order chi connectivity index (χ1) is 15.9. The minimum Gasteiger partial charge on any atom is -0.489 e. The summed E-state index contributed by atoms with van der Waals surface area (Å²) in [4.78, 5) is 37.5. The van der Waals surface area contributed by atoms with Gasteiger partial charge < -0.3 is 19.2 Å². The molecule has 1 aliphatic rings. The van der Waals surface area contributed by atoms with Crippen LogP contribution in [0.5, 0.6) is 5.75 Å². The summed E-state index contributed by atoms with van der Waals surface area (Å²) in [6, 6.07) is 17.4. The molecule has 0 atom stereocenters. The zero-order chi connectivity index (χ0) is 23.4. The van der Waals surface area contributed by atoms with Crippen molar-refractivity contribution in [3.63, 3.8) is 0 Å². The lowest BCUT2D eigenvalue weighted by atomic mass is 10.2. The highest BCUT2D eigenvalue weighted by Crippen LogP contribution is 2.21. The Balaban J connectivity index is 1.39. The van der Waals surface area contributed by atoms with Gasteiger partial charge in [0.25, 0.3) is 5.91 Å². The van der Waals surface area contributed by atoms with E-state index in [0.29, 0.717) is 12.4 Å². The van der Waals surface area contributed by atoms with Crippen LogP contribution in [0.3, 0.4) is 0 Å². The zero-order valence-electron chi connectivity index (χ0n) is 17.5. The third kappa shape index (κ3) is 5.32. The monoisotopic (exact) mass is 510 g/mol. The molecule has 1 aromatic heterocycles. The summed E-state index contributed by atoms with van der Waals surface area (Å²) in [6.45, 7) is 0.323. The minimum absolute atomic E-state index is 0.00207. The molecule has 0 aliphatic carbocycles. The number of nitrogens with zero attached hydrogens (tertiary/aromatic N) is 1. The fourth-order valence-corrected chi connectivity index (χ4v) is 3.38. The molecule has 0 saturated carbocycles. The molecule has 4 rings (SSSR count). The Hall–Kier alpha value is -3.85. The third-order valence-corrected chi connectivity index (χ3v) is 5.36. The molecule has 0 unspecified atom stereocenters. The number of nitrogens with one attached hydrogen (secondary N) is 1. The second-order valence-corrected chi connectivity index (χ2v) is 8.04. The third-order valence-electron chi connectivity index (χ3n) is 4.83. The Kier molecular flexibility index (Phi) is 6.60. The van der Waals surface area contributed by atoms with Crippen LogP contribution >= 0.6 is 15.9 Å². The minimum atomic E-state index is -0.636. The topological polar surface area (TPSA) is 98.1 Å². The molecule has 0 bridgehead atoms. The van der Waals surface area contributed by atoms with Gasteiger partial charge in [-0.25, -0.2) is 9.59 Å². The Morgan fingerprint density at radius 1 is 1.06 bits per heavy atom. The Morgan fingerprint density at radius 2 is 1.79 bits per heavy atom. The van der Waals surface area contributed by atoms with Crippen molar-refractivity contribution in [3.05, 3.63) is 93.5 Å². The maximum Gasteiger partial charge on any atom is 0.373 e. The van der Waals surface area contributed by atoms with Crippen molar-refractivity contribution in [2.24, 2.45) is 0 Å². The van der Waals surface area contributed by atoms with Gasteiger partial charge in [-0.3, -0.25) is 9.69 Å². The summed E-state index contributed by atoms with van der Waals surface area (Å²) in [5.74, 6) is -0.164. The van der Waals surface area contributed by atoms with Crippen LogP contribution in [-0.2, 0) is 22.7 Å². The van der Waals surface area contributed by atoms with Gasteiger partial charge in [0.15, 0.2) is 0 Å². The van der Waals surface area contributed by atoms with E-state index >= 15 is 0 Å². The van der Waals surface area contributed by atoms with Gasteiger partial charge in [-0.2, -0.15) is 0 Å². The summed E-state index contributed by atoms with van der Waals surface area (Å²) in [5, 5.41) is 2.56. The molecular formula is C24H19BrN2O6. The number of rotatable bonds is 7. The second kappa shape index (κ2) is 9.74. The SMILES string of the molecule is COC(=O)c1ccc(CN2C(=O)N/C(=C\c3ccc(OCc4ccc(Br)cc4)cc3)C2=O)o1. The fraction of sp³-hybridized carbons (Fsp3) is 0.125. The van der Waals surface area contributed by atoms with Crippen LogP contribution < -0.4 is 10.1 Å². The van der Waals surface area contributed by atoms with E-state index in [1.54, 1.807) is 30.3 Å². The van der Waals surface area contributed by atoms with Crippen LogP contribution in [0.15, 0.2) is 75.3 Å². The first-order valence-electron chi connectivity index (χ1n) is 9.92. The number of furan rings is 1. The van der Waals surface area contributed by atoms with E-state index in [2.05, 4.69) is 26.0 Å². The summed E-state index contributed by atoms with van der Waals surface area (Å²) >= 11 is 3.40. The number of amides is 3. The van der Waals surface area contributed by atoms with E-state index in [4.69, 9.17) is 9.15 Å². The highest BCUT2D eigenvalue weighted by atomic mass is 79.9. The number of esters is 1. The van der Waals surface area contributed by atoms with E-state index in [-0.39, 0.29) is 23.8 Å². The van der Waals surface area contributed by atoms with Crippen molar-refractivity contribution in [2.75, 3.05) is 7.11 Å². The molecule has 0 spiro atoms. The number of urea groups is 1. The lowest BCUT2D eigenvalue weighted by molar-refractivity contribution is -0.123. The van der Waals surface area contributed by atoms with Gasteiger partial charge in [0.1, 0.15) is 23.8 Å². The maximum atomic E-state index is 12.7. The van der Waals surface area contributed by atoms with Crippen molar-refractivity contribution >= 4 is 39.9 Å². The van der Waals surface area contributed by atoms with Gasteiger partial charge in [-0.1, -0.05) is 40.2 Å². The Bertz CT molecular complexity index is 1210. The van der Waals surface area contributed by atoms with Crippen LogP contribution in [-0.4, -0.2) is 29.9 Å². The largest absolute Gasteiger partial charge is 0.489 e. The quantitative estimate of drug-likeness (QED) is 0.285. The number of ether oxygens (including phenoxy) is 2. The first-order valence-corrected chi connectivity index (χ1v) is 10.7. The van der Waals surface area contributed by atoms with Crippen molar-refractivity contribution in [1.29, 1.82) is 0 Å². The maximum absolute atomic E-state index is 12.7. The van der Waals surface area contributed by atoms with E-state index < -0.39 is 17.9 Å². The molecule has 8 nitrogen and oxygen atoms in total. The molecule has 2 heterocycles. The molecule has 33 heavy (non-hydrogen) atoms. The smallest absolute Gasteiger partial charge is 0.373 e. The van der Waals surface area contributed by atoms with Crippen molar-refractivity contribution < 1.29 is 28.3 Å². The molecule has 1 fully saturated rings. The van der Waals surface area contributed by atoms with Gasteiger partial charge in [-0.05, 0) is 53.6 Å². The van der Waals surface area contributed by atoms with Gasteiger partial charge in [0, 0.05) is 4.47 Å². The first kappa shape index (κ1) is 22.3. The van der Waals surface area contributed by atoms with Gasteiger partial charge in [0.05, 0.1) is 13.7 Å². The Morgan fingerprint density at radius 3 is 2.48 bits per heavy atom. The van der Waals surface area contributed by atoms with Crippen LogP contribution in [0, 0.1) is 0 Å². The van der Waals surface area contributed by atoms with E-state index in [1.165, 1.54) is 19.2 Å². The molecule has 0 radical (unpaired) electrons. The molecule has 168 valence electrons. The van der Waals surface area contributed by atoms with E-state index in [9.17, 15) is 14.4 Å². The predicted molar refractivity (Wildman–Crippen MR) is 122 cm³/mol. The molecule has 1 aliphatic heterocycles. The van der Waals surface area contributed by atoms with Gasteiger partial charge >= 0.3 is 12.0 Å². The number of hydrogen-bond acceptors (Lipinski definition) is 6. The van der Waals surface area contributed by atoms with Crippen LogP contribution in [0.25, 0.3) is 6.08 Å². The average molecular weight is 511 g/mol. The summed E-state index contributed by atoms with van der Waals surface area (Å²) in [6.07, 6.45) is 1.58. The zero-order valence-corrected chi connectivity index (χ0v) is 19.1. The van der Waals surface area contributed by atoms with E-state index in [1.807, 2.05) is 24.3 Å². The molecule has 1 N–H and O–H groups in total. The fourth-order valence-electron chi connectivity index (χ4n) is 3.12. The normalized spacial score (nSPS) is 14.5. The molecular weight excluding hydrogens is 492 g/mol. The number of halogens is 1. The molecule has 2 aromatic carbocycles. The molecule has 3 amide bonds. The predicted octanol–water partition coefficient (Wildman–Crippen LogP) is 4.50. The van der Waals surface area contributed by atoms with E-state index in [0.717, 1.165) is 20.5 Å². The summed E-state index contributed by atoms with van der Waals surface area (Å²) in [7, 11) is 1.24. The van der Waals surface area contributed by atoms with Crippen molar-refractivity contribution in [3.8, 4) is 5.75 Å². The van der Waals surface area contributed by atoms with Crippen LogP contribution in [0.2, 0.25) is 0 Å². The van der Waals surface area contributed by atoms with Gasteiger partial charge in [-0.15, -0.1) is 0 Å².